The molecule has 0 aliphatic rings. The van der Waals surface area contributed by atoms with Gasteiger partial charge in [-0.15, -0.1) is 0 Å². The molecule has 0 atom stereocenters. The molecule has 0 unspecified atom stereocenters. The lowest BCUT2D eigenvalue weighted by Gasteiger charge is -2.00. The average molecular weight is 230 g/mol. The van der Waals surface area contributed by atoms with E-state index in [4.69, 9.17) is 0 Å². The van der Waals surface area contributed by atoms with E-state index < -0.39 is 0 Å². The van der Waals surface area contributed by atoms with Gasteiger partial charge in [-0.2, -0.15) is 0 Å². The first-order valence-electron chi connectivity index (χ1n) is 4.95. The molecule has 0 nitrogen and oxygen atoms in total. The van der Waals surface area contributed by atoms with E-state index in [2.05, 4.69) is 26.3 Å². The van der Waals surface area contributed by atoms with Gasteiger partial charge >= 0.3 is 0 Å². The van der Waals surface area contributed by atoms with Gasteiger partial charge in [0.25, 0.3) is 0 Å². The molecule has 0 aromatic carbocycles. The fourth-order valence-corrected chi connectivity index (χ4v) is 1.60. The van der Waals surface area contributed by atoms with E-state index in [1.54, 1.807) is 23.9 Å². The molecule has 0 aliphatic heterocycles. The first-order chi connectivity index (χ1) is 7.63. The van der Waals surface area contributed by atoms with Crippen molar-refractivity contribution in [2.24, 2.45) is 0 Å². The summed E-state index contributed by atoms with van der Waals surface area (Å²) in [4.78, 5) is 1.97. The first-order valence-corrected chi connectivity index (χ1v) is 5.77. The smallest absolute Gasteiger partial charge is 0.0116 e. The first kappa shape index (κ1) is 14.5. The van der Waals surface area contributed by atoms with E-state index >= 15 is 0 Å². The zero-order valence-corrected chi connectivity index (χ0v) is 10.6. The third-order valence-corrected chi connectivity index (χ3v) is 2.53. The Morgan fingerprint density at radius 1 is 1.06 bits per heavy atom. The monoisotopic (exact) mass is 230 g/mol. The molecule has 0 radical (unpaired) electrons. The van der Waals surface area contributed by atoms with Gasteiger partial charge in [-0.3, -0.25) is 0 Å². The normalized spacial score (nSPS) is 11.9. The second-order valence-electron chi connectivity index (χ2n) is 2.99. The van der Waals surface area contributed by atoms with Crippen LogP contribution in [-0.4, -0.2) is 0 Å². The largest absolute Gasteiger partial charge is 0.0990 e. The lowest BCUT2D eigenvalue weighted by Crippen LogP contribution is -1.72. The van der Waals surface area contributed by atoms with E-state index in [1.165, 1.54) is 0 Å². The van der Waals surface area contributed by atoms with Crippen molar-refractivity contribution in [1.29, 1.82) is 0 Å². The summed E-state index contributed by atoms with van der Waals surface area (Å²) in [6.45, 7) is 17.2. The molecule has 0 spiro atoms. The summed E-state index contributed by atoms with van der Waals surface area (Å²) in [5.74, 6) is 0. The lowest BCUT2D eigenvalue weighted by molar-refractivity contribution is 1.65. The molecule has 1 heteroatoms. The third-order valence-electron chi connectivity index (χ3n) is 1.60. The van der Waals surface area contributed by atoms with Gasteiger partial charge in [-0.05, 0) is 24.6 Å². The predicted octanol–water partition coefficient (Wildman–Crippen LogP) is 5.18. The molecule has 0 saturated carbocycles. The Morgan fingerprint density at radius 2 is 1.75 bits per heavy atom. The van der Waals surface area contributed by atoms with Gasteiger partial charge in [-0.1, -0.05) is 68.5 Å². The number of hydrogen-bond acceptors (Lipinski definition) is 1. The van der Waals surface area contributed by atoms with Crippen LogP contribution in [0.2, 0.25) is 0 Å². The van der Waals surface area contributed by atoms with Gasteiger partial charge in [-0.25, -0.2) is 0 Å². The molecule has 0 saturated heterocycles. The molecule has 0 N–H and O–H groups in total. The highest BCUT2D eigenvalue weighted by molar-refractivity contribution is 8.07. The average Bonchev–Trinajstić information content (AvgIpc) is 2.26. The van der Waals surface area contributed by atoms with Crippen LogP contribution in [0.4, 0.5) is 0 Å². The van der Waals surface area contributed by atoms with E-state index in [9.17, 15) is 0 Å². The standard InChI is InChI=1S/C15H18S/c1-6-9-13(4)11-12-14(5)16-15(8-3)10-7-2/h6-12H,2-5H2,1H3/b9-6+,12-11-,15-10+. The van der Waals surface area contributed by atoms with E-state index in [1.807, 2.05) is 37.3 Å². The second kappa shape index (κ2) is 8.81. The molecule has 0 aromatic rings. The van der Waals surface area contributed by atoms with Gasteiger partial charge in [0.05, 0.1) is 0 Å². The zero-order chi connectivity index (χ0) is 12.4. The van der Waals surface area contributed by atoms with E-state index in [-0.39, 0.29) is 0 Å². The molecule has 0 heterocycles. The summed E-state index contributed by atoms with van der Waals surface area (Å²) in [7, 11) is 0. The molecule has 0 fully saturated rings. The van der Waals surface area contributed by atoms with Gasteiger partial charge in [0.15, 0.2) is 0 Å². The van der Waals surface area contributed by atoms with Crippen LogP contribution in [0.1, 0.15) is 6.92 Å². The summed E-state index contributed by atoms with van der Waals surface area (Å²) >= 11 is 1.55. The van der Waals surface area contributed by atoms with Crippen LogP contribution in [0.25, 0.3) is 0 Å². The van der Waals surface area contributed by atoms with E-state index in [0.717, 1.165) is 15.4 Å². The van der Waals surface area contributed by atoms with Crippen molar-refractivity contribution in [2.75, 3.05) is 0 Å². The summed E-state index contributed by atoms with van der Waals surface area (Å²) in [6, 6.07) is 0. The Bertz CT molecular complexity index is 365. The second-order valence-corrected chi connectivity index (χ2v) is 4.19. The van der Waals surface area contributed by atoms with Crippen LogP contribution in [0.3, 0.4) is 0 Å². The van der Waals surface area contributed by atoms with Crippen LogP contribution in [0.5, 0.6) is 0 Å². The maximum absolute atomic E-state index is 3.94. The zero-order valence-electron chi connectivity index (χ0n) is 9.78. The Balaban J connectivity index is 4.38. The number of thioether (sulfide) groups is 1. The SMILES string of the molecule is C=C/C=C(\C=C)SC(=C)/C=C\C(=C)/C=C/C. The number of rotatable bonds is 7. The van der Waals surface area contributed by atoms with Gasteiger partial charge < -0.3 is 0 Å². The molecule has 16 heavy (non-hydrogen) atoms. The fourth-order valence-electron chi connectivity index (χ4n) is 0.915. The third kappa shape index (κ3) is 6.91. The van der Waals surface area contributed by atoms with Crippen molar-refractivity contribution in [2.45, 2.75) is 6.92 Å². The number of hydrogen-bond donors (Lipinski definition) is 0. The van der Waals surface area contributed by atoms with Crippen LogP contribution < -0.4 is 0 Å². The summed E-state index contributed by atoms with van der Waals surface area (Å²) in [5, 5.41) is 0. The minimum atomic E-state index is 0.943. The molecule has 0 rings (SSSR count). The minimum absolute atomic E-state index is 0.943. The Labute approximate surface area is 103 Å². The fraction of sp³-hybridized carbons (Fsp3) is 0.0667. The molecule has 0 aromatic heterocycles. The lowest BCUT2D eigenvalue weighted by atomic mass is 10.2. The van der Waals surface area contributed by atoms with Crippen molar-refractivity contribution < 1.29 is 0 Å². The molecule has 0 aliphatic carbocycles. The number of allylic oxidation sites excluding steroid dienone is 8. The van der Waals surface area contributed by atoms with Crippen molar-refractivity contribution in [1.82, 2.24) is 0 Å². The topological polar surface area (TPSA) is 0 Å². The van der Waals surface area contributed by atoms with Crippen LogP contribution in [-0.2, 0) is 0 Å². The van der Waals surface area contributed by atoms with Crippen molar-refractivity contribution in [3.8, 4) is 0 Å². The summed E-state index contributed by atoms with van der Waals surface area (Å²) in [5.41, 5.74) is 0.956. The van der Waals surface area contributed by atoms with Crippen LogP contribution >= 0.6 is 11.8 Å². The molecule has 84 valence electrons. The predicted molar refractivity (Wildman–Crippen MR) is 78.3 cm³/mol. The molecular formula is C15H18S. The molecule has 0 bridgehead atoms. The van der Waals surface area contributed by atoms with Crippen molar-refractivity contribution in [3.05, 3.63) is 84.2 Å². The Kier molecular flexibility index (Phi) is 8.00. The molecular weight excluding hydrogens is 212 g/mol. The van der Waals surface area contributed by atoms with E-state index in [0.29, 0.717) is 0 Å². The highest BCUT2D eigenvalue weighted by Gasteiger charge is 1.93. The summed E-state index contributed by atoms with van der Waals surface area (Å²) < 4.78 is 0. The molecule has 0 amide bonds. The van der Waals surface area contributed by atoms with Crippen molar-refractivity contribution in [3.63, 3.8) is 0 Å². The maximum atomic E-state index is 3.94. The van der Waals surface area contributed by atoms with Crippen molar-refractivity contribution >= 4 is 11.8 Å². The summed E-state index contributed by atoms with van der Waals surface area (Å²) in [6.07, 6.45) is 13.2. The Morgan fingerprint density at radius 3 is 2.25 bits per heavy atom. The van der Waals surface area contributed by atoms with Gasteiger partial charge in [0.1, 0.15) is 0 Å². The highest BCUT2D eigenvalue weighted by atomic mass is 32.2. The maximum Gasteiger partial charge on any atom is 0.0116 e. The van der Waals surface area contributed by atoms with Crippen LogP contribution in [0.15, 0.2) is 84.2 Å². The van der Waals surface area contributed by atoms with Crippen LogP contribution in [0, 0.1) is 0 Å². The minimum Gasteiger partial charge on any atom is -0.0990 e. The Hall–Kier alpha value is -1.47. The van der Waals surface area contributed by atoms with Gasteiger partial charge in [0, 0.05) is 9.81 Å². The van der Waals surface area contributed by atoms with Gasteiger partial charge in [0.2, 0.25) is 0 Å². The quantitative estimate of drug-likeness (QED) is 0.543. The highest BCUT2D eigenvalue weighted by Crippen LogP contribution is 2.25.